The third-order valence-corrected chi connectivity index (χ3v) is 3.38. The number of ketones is 1. The summed E-state index contributed by atoms with van der Waals surface area (Å²) in [5, 5.41) is 1.01. The molecule has 0 spiro atoms. The molecular formula is C13H14N2O. The fraction of sp³-hybridized carbons (Fsp3) is 0.308. The lowest BCUT2D eigenvalue weighted by molar-refractivity contribution is 0.0950. The van der Waals surface area contributed by atoms with E-state index in [0.717, 1.165) is 29.3 Å². The average Bonchev–Trinajstić information content (AvgIpc) is 2.96. The largest absolute Gasteiger partial charge is 0.350 e. The molecule has 0 unspecified atom stereocenters. The molecule has 82 valence electrons. The van der Waals surface area contributed by atoms with E-state index < -0.39 is 5.54 Å². The van der Waals surface area contributed by atoms with Crippen molar-refractivity contribution in [2.75, 3.05) is 0 Å². The van der Waals surface area contributed by atoms with Gasteiger partial charge in [-0.15, -0.1) is 0 Å². The minimum Gasteiger partial charge on any atom is -0.350 e. The van der Waals surface area contributed by atoms with E-state index in [9.17, 15) is 4.79 Å². The van der Waals surface area contributed by atoms with Gasteiger partial charge < -0.3 is 10.3 Å². The topological polar surface area (TPSA) is 48.0 Å². The molecule has 1 saturated carbocycles. The zero-order chi connectivity index (χ0) is 11.3. The molecule has 3 rings (SSSR count). The highest BCUT2D eigenvalue weighted by atomic mass is 16.1. The van der Waals surface area contributed by atoms with Crippen molar-refractivity contribution < 1.29 is 4.79 Å². The maximum Gasteiger partial charge on any atom is 0.184 e. The first-order chi connectivity index (χ1) is 7.62. The van der Waals surface area contributed by atoms with Gasteiger partial charge in [0.1, 0.15) is 0 Å². The zero-order valence-corrected chi connectivity index (χ0v) is 9.23. The highest BCUT2D eigenvalue weighted by molar-refractivity contribution is 6.13. The Morgan fingerprint density at radius 1 is 1.38 bits per heavy atom. The minimum absolute atomic E-state index is 0.0873. The predicted octanol–water partition coefficient (Wildman–Crippen LogP) is 1.85. The SMILES string of the molecule is Cn1cc(C(=O)C2(N)CC2)c2ccccc21. The second-order valence-corrected chi connectivity index (χ2v) is 4.66. The highest BCUT2D eigenvalue weighted by Crippen LogP contribution is 2.37. The van der Waals surface area contributed by atoms with Gasteiger partial charge >= 0.3 is 0 Å². The van der Waals surface area contributed by atoms with Crippen LogP contribution in [0.3, 0.4) is 0 Å². The molecule has 0 amide bonds. The smallest absolute Gasteiger partial charge is 0.184 e. The Labute approximate surface area is 93.9 Å². The van der Waals surface area contributed by atoms with E-state index in [4.69, 9.17) is 5.73 Å². The summed E-state index contributed by atoms with van der Waals surface area (Å²) in [5.74, 6) is 0.0873. The second kappa shape index (κ2) is 2.95. The van der Waals surface area contributed by atoms with Crippen LogP contribution in [0.1, 0.15) is 23.2 Å². The normalized spacial score (nSPS) is 17.6. The summed E-state index contributed by atoms with van der Waals surface area (Å²) in [6, 6.07) is 7.93. The Kier molecular flexibility index (Phi) is 1.77. The van der Waals surface area contributed by atoms with E-state index in [1.807, 2.05) is 42.1 Å². The lowest BCUT2D eigenvalue weighted by Crippen LogP contribution is -2.32. The minimum atomic E-state index is -0.579. The molecular weight excluding hydrogens is 200 g/mol. The first kappa shape index (κ1) is 9.60. The summed E-state index contributed by atoms with van der Waals surface area (Å²) in [4.78, 5) is 12.2. The Morgan fingerprint density at radius 3 is 2.75 bits per heavy atom. The van der Waals surface area contributed by atoms with Gasteiger partial charge in [-0.05, 0) is 18.9 Å². The highest BCUT2D eigenvalue weighted by Gasteiger charge is 2.46. The van der Waals surface area contributed by atoms with E-state index in [2.05, 4.69) is 0 Å². The quantitative estimate of drug-likeness (QED) is 0.775. The lowest BCUT2D eigenvalue weighted by Gasteiger charge is -2.05. The van der Waals surface area contributed by atoms with Crippen LogP contribution in [0.5, 0.6) is 0 Å². The Balaban J connectivity index is 2.21. The third-order valence-electron chi connectivity index (χ3n) is 3.38. The molecule has 2 aromatic rings. The summed E-state index contributed by atoms with van der Waals surface area (Å²) in [6.07, 6.45) is 3.52. The summed E-state index contributed by atoms with van der Waals surface area (Å²) in [6.45, 7) is 0. The fourth-order valence-corrected chi connectivity index (χ4v) is 2.15. The van der Waals surface area contributed by atoms with E-state index in [1.165, 1.54) is 0 Å². The van der Waals surface area contributed by atoms with Gasteiger partial charge in [0.25, 0.3) is 0 Å². The van der Waals surface area contributed by atoms with Gasteiger partial charge in [-0.1, -0.05) is 18.2 Å². The van der Waals surface area contributed by atoms with Crippen molar-refractivity contribution in [1.29, 1.82) is 0 Å². The average molecular weight is 214 g/mol. The van der Waals surface area contributed by atoms with Gasteiger partial charge in [-0.25, -0.2) is 0 Å². The molecule has 0 atom stereocenters. The van der Waals surface area contributed by atoms with Crippen LogP contribution in [0, 0.1) is 0 Å². The van der Waals surface area contributed by atoms with Crippen molar-refractivity contribution in [3.05, 3.63) is 36.0 Å². The van der Waals surface area contributed by atoms with Crippen LogP contribution in [0.2, 0.25) is 0 Å². The van der Waals surface area contributed by atoms with Crippen molar-refractivity contribution in [2.45, 2.75) is 18.4 Å². The van der Waals surface area contributed by atoms with E-state index >= 15 is 0 Å². The third kappa shape index (κ3) is 1.21. The van der Waals surface area contributed by atoms with Crippen LogP contribution in [-0.4, -0.2) is 15.9 Å². The molecule has 16 heavy (non-hydrogen) atoms. The van der Waals surface area contributed by atoms with E-state index in [-0.39, 0.29) is 5.78 Å². The Hall–Kier alpha value is -1.61. The van der Waals surface area contributed by atoms with Gasteiger partial charge in [0.15, 0.2) is 5.78 Å². The molecule has 0 bridgehead atoms. The van der Waals surface area contributed by atoms with Gasteiger partial charge in [-0.3, -0.25) is 4.79 Å². The fourth-order valence-electron chi connectivity index (χ4n) is 2.15. The standard InChI is InChI=1S/C13H14N2O/c1-15-8-10(12(16)13(14)6-7-13)9-4-2-3-5-11(9)15/h2-5,8H,6-7,14H2,1H3. The van der Waals surface area contributed by atoms with Crippen LogP contribution in [0.15, 0.2) is 30.5 Å². The Bertz CT molecular complexity index is 579. The van der Waals surface area contributed by atoms with Gasteiger partial charge in [0.05, 0.1) is 5.54 Å². The number of benzene rings is 1. The maximum atomic E-state index is 12.2. The number of hydrogen-bond donors (Lipinski definition) is 1. The first-order valence-corrected chi connectivity index (χ1v) is 5.49. The lowest BCUT2D eigenvalue weighted by atomic mass is 10.0. The van der Waals surface area contributed by atoms with Gasteiger partial charge in [0, 0.05) is 29.7 Å². The molecule has 3 heteroatoms. The molecule has 0 aliphatic heterocycles. The molecule has 1 fully saturated rings. The van der Waals surface area contributed by atoms with Crippen LogP contribution >= 0.6 is 0 Å². The first-order valence-electron chi connectivity index (χ1n) is 5.49. The monoisotopic (exact) mass is 214 g/mol. The summed E-state index contributed by atoms with van der Waals surface area (Å²) in [5.41, 5.74) is 7.23. The van der Waals surface area contributed by atoms with Crippen molar-refractivity contribution in [1.82, 2.24) is 4.57 Å². The molecule has 0 radical (unpaired) electrons. The maximum absolute atomic E-state index is 12.2. The second-order valence-electron chi connectivity index (χ2n) is 4.66. The van der Waals surface area contributed by atoms with Crippen molar-refractivity contribution in [3.63, 3.8) is 0 Å². The number of para-hydroxylation sites is 1. The van der Waals surface area contributed by atoms with Crippen molar-refractivity contribution in [2.24, 2.45) is 12.8 Å². The van der Waals surface area contributed by atoms with E-state index in [0.29, 0.717) is 0 Å². The van der Waals surface area contributed by atoms with Crippen molar-refractivity contribution >= 4 is 16.7 Å². The number of carbonyl (C=O) groups is 1. The molecule has 1 aromatic heterocycles. The number of fused-ring (bicyclic) bond motifs is 1. The molecule has 2 N–H and O–H groups in total. The number of nitrogens with zero attached hydrogens (tertiary/aromatic N) is 1. The molecule has 1 aromatic carbocycles. The molecule has 1 aliphatic carbocycles. The van der Waals surface area contributed by atoms with Gasteiger partial charge in [-0.2, -0.15) is 0 Å². The van der Waals surface area contributed by atoms with Crippen LogP contribution in [0.4, 0.5) is 0 Å². The zero-order valence-electron chi connectivity index (χ0n) is 9.23. The summed E-state index contributed by atoms with van der Waals surface area (Å²) < 4.78 is 1.98. The predicted molar refractivity (Wildman–Crippen MR) is 63.4 cm³/mol. The molecule has 1 heterocycles. The van der Waals surface area contributed by atoms with Crippen molar-refractivity contribution in [3.8, 4) is 0 Å². The number of aryl methyl sites for hydroxylation is 1. The number of hydrogen-bond acceptors (Lipinski definition) is 2. The van der Waals surface area contributed by atoms with Crippen LogP contribution in [-0.2, 0) is 7.05 Å². The summed E-state index contributed by atoms with van der Waals surface area (Å²) >= 11 is 0. The van der Waals surface area contributed by atoms with Gasteiger partial charge in [0.2, 0.25) is 0 Å². The molecule has 3 nitrogen and oxygen atoms in total. The van der Waals surface area contributed by atoms with E-state index in [1.54, 1.807) is 0 Å². The Morgan fingerprint density at radius 2 is 2.06 bits per heavy atom. The number of carbonyl (C=O) groups excluding carboxylic acids is 1. The number of Topliss-reactive ketones (excluding diaryl/α,β-unsaturated/α-hetero) is 1. The van der Waals surface area contributed by atoms with Crippen LogP contribution in [0.25, 0.3) is 10.9 Å². The molecule has 0 saturated heterocycles. The number of nitrogens with two attached hydrogens (primary N) is 1. The molecule has 1 aliphatic rings. The summed E-state index contributed by atoms with van der Waals surface area (Å²) in [7, 11) is 1.95. The number of rotatable bonds is 2. The van der Waals surface area contributed by atoms with Crippen LogP contribution < -0.4 is 5.73 Å². The number of aromatic nitrogens is 1.